The number of benzene rings is 2. The fraction of sp³-hybridized carbons (Fsp3) is 0.261. The Bertz CT molecular complexity index is 937. The van der Waals surface area contributed by atoms with Crippen LogP contribution in [0.4, 0.5) is 11.6 Å². The molecule has 5 nitrogen and oxygen atoms in total. The maximum atomic E-state index is 12.9. The Morgan fingerprint density at radius 2 is 1.61 bits per heavy atom. The van der Waals surface area contributed by atoms with Crippen LogP contribution in [0.25, 0.3) is 0 Å². The van der Waals surface area contributed by atoms with E-state index in [2.05, 4.69) is 27.0 Å². The van der Waals surface area contributed by atoms with Gasteiger partial charge in [-0.2, -0.15) is 0 Å². The molecule has 0 atom stereocenters. The monoisotopic (exact) mass is 372 g/mol. The summed E-state index contributed by atoms with van der Waals surface area (Å²) in [6.45, 7) is 4.16. The predicted molar refractivity (Wildman–Crippen MR) is 111 cm³/mol. The molecule has 142 valence electrons. The van der Waals surface area contributed by atoms with E-state index in [0.29, 0.717) is 18.2 Å². The third-order valence-corrected chi connectivity index (χ3v) is 4.95. The molecule has 0 spiro atoms. The number of likely N-dealkylation sites (tertiary alicyclic amines) is 1. The molecule has 0 saturated carbocycles. The Labute approximate surface area is 165 Å². The molecule has 0 aliphatic carbocycles. The Hall–Kier alpha value is -3.21. The molecule has 0 bridgehead atoms. The summed E-state index contributed by atoms with van der Waals surface area (Å²) in [5.41, 5.74) is 3.42. The van der Waals surface area contributed by atoms with E-state index in [1.807, 2.05) is 60.4 Å². The lowest BCUT2D eigenvalue weighted by atomic mass is 10.2. The van der Waals surface area contributed by atoms with E-state index >= 15 is 0 Å². The minimum absolute atomic E-state index is 0.00280. The minimum Gasteiger partial charge on any atom is -0.337 e. The number of carbonyl (C=O) groups excluding carboxylic acids is 1. The van der Waals surface area contributed by atoms with E-state index in [1.54, 1.807) is 6.07 Å². The van der Waals surface area contributed by atoms with Gasteiger partial charge in [0.25, 0.3) is 5.91 Å². The van der Waals surface area contributed by atoms with E-state index in [9.17, 15) is 4.79 Å². The molecule has 0 unspecified atom stereocenters. The zero-order chi connectivity index (χ0) is 19.3. The smallest absolute Gasteiger partial charge is 0.272 e. The molecule has 4 rings (SSSR count). The number of para-hydroxylation sites is 1. The number of aromatic nitrogens is 2. The Kier molecular flexibility index (Phi) is 5.33. The van der Waals surface area contributed by atoms with Crippen molar-refractivity contribution in [2.75, 3.05) is 18.0 Å². The van der Waals surface area contributed by atoms with Crippen molar-refractivity contribution in [2.45, 2.75) is 26.3 Å². The molecule has 1 amide bonds. The predicted octanol–water partition coefficient (Wildman–Crippen LogP) is 4.36. The number of amides is 1. The van der Waals surface area contributed by atoms with Crippen LogP contribution in [-0.4, -0.2) is 33.9 Å². The van der Waals surface area contributed by atoms with E-state index in [1.165, 1.54) is 0 Å². The first-order valence-corrected chi connectivity index (χ1v) is 9.72. The Morgan fingerprint density at radius 1 is 0.964 bits per heavy atom. The van der Waals surface area contributed by atoms with Gasteiger partial charge in [-0.3, -0.25) is 4.79 Å². The lowest BCUT2D eigenvalue weighted by molar-refractivity contribution is 0.0787. The van der Waals surface area contributed by atoms with Gasteiger partial charge in [-0.25, -0.2) is 9.97 Å². The van der Waals surface area contributed by atoms with Crippen molar-refractivity contribution in [2.24, 2.45) is 0 Å². The second kappa shape index (κ2) is 8.21. The highest BCUT2D eigenvalue weighted by atomic mass is 16.2. The summed E-state index contributed by atoms with van der Waals surface area (Å²) in [5, 5.41) is 0. The number of hydrogen-bond acceptors (Lipinski definition) is 4. The van der Waals surface area contributed by atoms with Crippen LogP contribution in [0.1, 0.15) is 34.6 Å². The highest BCUT2D eigenvalue weighted by Crippen LogP contribution is 2.25. The van der Waals surface area contributed by atoms with Gasteiger partial charge in [0.1, 0.15) is 5.69 Å². The summed E-state index contributed by atoms with van der Waals surface area (Å²) >= 11 is 0. The van der Waals surface area contributed by atoms with E-state index in [4.69, 9.17) is 0 Å². The number of aryl methyl sites for hydroxylation is 1. The van der Waals surface area contributed by atoms with Gasteiger partial charge in [0.15, 0.2) is 0 Å². The van der Waals surface area contributed by atoms with Gasteiger partial charge >= 0.3 is 0 Å². The van der Waals surface area contributed by atoms with Crippen LogP contribution in [-0.2, 0) is 6.54 Å². The summed E-state index contributed by atoms with van der Waals surface area (Å²) in [6.07, 6.45) is 2.12. The number of carbonyl (C=O) groups is 1. The highest BCUT2D eigenvalue weighted by Gasteiger charge is 2.23. The first kappa shape index (κ1) is 18.2. The molecule has 3 aromatic rings. The van der Waals surface area contributed by atoms with Crippen LogP contribution in [0.15, 0.2) is 66.7 Å². The van der Waals surface area contributed by atoms with Gasteiger partial charge in [0.05, 0.1) is 6.54 Å². The fourth-order valence-electron chi connectivity index (χ4n) is 3.52. The maximum absolute atomic E-state index is 12.9. The molecule has 1 saturated heterocycles. The highest BCUT2D eigenvalue weighted by molar-refractivity contribution is 5.93. The molecule has 2 heterocycles. The van der Waals surface area contributed by atoms with E-state index in [-0.39, 0.29) is 5.91 Å². The van der Waals surface area contributed by atoms with Gasteiger partial charge in [-0.05, 0) is 43.5 Å². The Morgan fingerprint density at radius 3 is 2.29 bits per heavy atom. The summed E-state index contributed by atoms with van der Waals surface area (Å²) in [7, 11) is 0. The first-order valence-electron chi connectivity index (χ1n) is 9.72. The van der Waals surface area contributed by atoms with Crippen LogP contribution >= 0.6 is 0 Å². The zero-order valence-electron chi connectivity index (χ0n) is 16.1. The molecule has 1 aliphatic rings. The topological polar surface area (TPSA) is 49.3 Å². The lowest BCUT2D eigenvalue weighted by Gasteiger charge is -2.24. The largest absolute Gasteiger partial charge is 0.337 e. The van der Waals surface area contributed by atoms with Crippen molar-refractivity contribution in [3.05, 3.63) is 83.7 Å². The third kappa shape index (κ3) is 4.03. The van der Waals surface area contributed by atoms with Crippen LogP contribution in [0.3, 0.4) is 0 Å². The van der Waals surface area contributed by atoms with Gasteiger partial charge in [0.2, 0.25) is 5.95 Å². The molecule has 1 aromatic heterocycles. The second-order valence-electron chi connectivity index (χ2n) is 7.10. The van der Waals surface area contributed by atoms with Crippen molar-refractivity contribution in [3.8, 4) is 0 Å². The number of hydrogen-bond donors (Lipinski definition) is 0. The average molecular weight is 372 g/mol. The first-order chi connectivity index (χ1) is 13.7. The average Bonchev–Trinajstić information content (AvgIpc) is 3.27. The summed E-state index contributed by atoms with van der Waals surface area (Å²) in [4.78, 5) is 26.2. The molecular formula is C23H24N4O. The van der Waals surface area contributed by atoms with Crippen LogP contribution in [0.2, 0.25) is 0 Å². The molecule has 0 radical (unpaired) electrons. The summed E-state index contributed by atoms with van der Waals surface area (Å²) in [5.74, 6) is 0.551. The number of anilines is 2. The van der Waals surface area contributed by atoms with Crippen molar-refractivity contribution in [3.63, 3.8) is 0 Å². The molecule has 5 heteroatoms. The molecular weight excluding hydrogens is 348 g/mol. The van der Waals surface area contributed by atoms with Crippen LogP contribution < -0.4 is 4.90 Å². The summed E-state index contributed by atoms with van der Waals surface area (Å²) < 4.78 is 0. The quantitative estimate of drug-likeness (QED) is 0.668. The molecule has 28 heavy (non-hydrogen) atoms. The van der Waals surface area contributed by atoms with Crippen LogP contribution in [0, 0.1) is 6.92 Å². The van der Waals surface area contributed by atoms with E-state index < -0.39 is 0 Å². The second-order valence-corrected chi connectivity index (χ2v) is 7.10. The van der Waals surface area contributed by atoms with Crippen molar-refractivity contribution >= 4 is 17.5 Å². The minimum atomic E-state index is -0.00280. The SMILES string of the molecule is Cc1cc(C(=O)N2CCCC2)nc(N(Cc2ccccc2)c2ccccc2)n1. The molecule has 1 aliphatic heterocycles. The molecule has 1 fully saturated rings. The number of nitrogens with zero attached hydrogens (tertiary/aromatic N) is 4. The lowest BCUT2D eigenvalue weighted by Crippen LogP contribution is -2.29. The van der Waals surface area contributed by atoms with Gasteiger partial charge in [-0.15, -0.1) is 0 Å². The van der Waals surface area contributed by atoms with Gasteiger partial charge < -0.3 is 9.80 Å². The van der Waals surface area contributed by atoms with Gasteiger partial charge in [0, 0.05) is 24.5 Å². The van der Waals surface area contributed by atoms with Crippen molar-refractivity contribution in [1.82, 2.24) is 14.9 Å². The molecule has 0 N–H and O–H groups in total. The normalized spacial score (nSPS) is 13.5. The van der Waals surface area contributed by atoms with E-state index in [0.717, 1.165) is 42.9 Å². The van der Waals surface area contributed by atoms with Crippen LogP contribution in [0.5, 0.6) is 0 Å². The molecule has 2 aromatic carbocycles. The third-order valence-electron chi connectivity index (χ3n) is 4.95. The summed E-state index contributed by atoms with van der Waals surface area (Å²) in [6, 6.07) is 22.1. The van der Waals surface area contributed by atoms with Crippen molar-refractivity contribution < 1.29 is 4.79 Å². The van der Waals surface area contributed by atoms with Crippen molar-refractivity contribution in [1.29, 1.82) is 0 Å². The standard InChI is InChI=1S/C23H24N4O/c1-18-16-21(22(28)26-14-8-9-15-26)25-23(24-18)27(20-12-6-3-7-13-20)17-19-10-4-2-5-11-19/h2-7,10-13,16H,8-9,14-15,17H2,1H3. The zero-order valence-corrected chi connectivity index (χ0v) is 16.1. The Balaban J connectivity index is 1.72. The van der Waals surface area contributed by atoms with Gasteiger partial charge in [-0.1, -0.05) is 48.5 Å². The maximum Gasteiger partial charge on any atom is 0.272 e. The fourth-order valence-corrected chi connectivity index (χ4v) is 3.52. The number of rotatable bonds is 5.